The Morgan fingerprint density at radius 2 is 1.63 bits per heavy atom. The standard InChI is InChI=1S/C21H27N3O2.ClH/c1-15(2)21(26)24(3)14-16-9-11-18(12-10-16)20(25)23-13-19(22)17-7-5-4-6-8-17;/h4-12,15,19H,13-14,22H2,1-3H3,(H,23,25);1H. The summed E-state index contributed by atoms with van der Waals surface area (Å²) in [6.45, 7) is 4.66. The van der Waals surface area contributed by atoms with Crippen LogP contribution in [-0.2, 0) is 11.3 Å². The van der Waals surface area contributed by atoms with Gasteiger partial charge in [-0.2, -0.15) is 0 Å². The van der Waals surface area contributed by atoms with Gasteiger partial charge in [-0.3, -0.25) is 9.59 Å². The Kier molecular flexibility index (Phi) is 8.98. The van der Waals surface area contributed by atoms with Crippen LogP contribution in [0.5, 0.6) is 0 Å². The lowest BCUT2D eigenvalue weighted by molar-refractivity contribution is -0.133. The number of carbonyl (C=O) groups is 2. The van der Waals surface area contributed by atoms with Crippen LogP contribution in [0, 0.1) is 5.92 Å². The minimum atomic E-state index is -0.241. The summed E-state index contributed by atoms with van der Waals surface area (Å²) < 4.78 is 0. The Morgan fingerprint density at radius 3 is 2.19 bits per heavy atom. The third-order valence-electron chi connectivity index (χ3n) is 4.22. The molecule has 6 heteroatoms. The van der Waals surface area contributed by atoms with Crippen molar-refractivity contribution in [1.29, 1.82) is 0 Å². The van der Waals surface area contributed by atoms with Gasteiger partial charge < -0.3 is 16.0 Å². The van der Waals surface area contributed by atoms with Crippen molar-refractivity contribution in [3.8, 4) is 0 Å². The summed E-state index contributed by atoms with van der Waals surface area (Å²) in [7, 11) is 1.79. The highest BCUT2D eigenvalue weighted by atomic mass is 35.5. The number of rotatable bonds is 7. The second kappa shape index (κ2) is 10.7. The fourth-order valence-electron chi connectivity index (χ4n) is 2.68. The molecule has 0 aliphatic heterocycles. The number of hydrogen-bond acceptors (Lipinski definition) is 3. The van der Waals surface area contributed by atoms with Crippen molar-refractivity contribution in [3.05, 3.63) is 71.3 Å². The van der Waals surface area contributed by atoms with E-state index in [1.165, 1.54) is 0 Å². The van der Waals surface area contributed by atoms with Crippen LogP contribution >= 0.6 is 12.4 Å². The average molecular weight is 390 g/mol. The van der Waals surface area contributed by atoms with Gasteiger partial charge in [0.1, 0.15) is 0 Å². The average Bonchev–Trinajstić information content (AvgIpc) is 2.66. The molecule has 27 heavy (non-hydrogen) atoms. The van der Waals surface area contributed by atoms with Crippen molar-refractivity contribution in [2.75, 3.05) is 13.6 Å². The Morgan fingerprint density at radius 1 is 1.04 bits per heavy atom. The predicted molar refractivity (Wildman–Crippen MR) is 111 cm³/mol. The molecule has 2 rings (SSSR count). The molecule has 0 heterocycles. The SMILES string of the molecule is CC(C)C(=O)N(C)Cc1ccc(C(=O)NCC(N)c2ccccc2)cc1.Cl. The monoisotopic (exact) mass is 389 g/mol. The highest BCUT2D eigenvalue weighted by molar-refractivity contribution is 5.94. The molecule has 2 amide bonds. The third kappa shape index (κ3) is 6.70. The summed E-state index contributed by atoms with van der Waals surface area (Å²) in [6.07, 6.45) is 0. The zero-order valence-corrected chi connectivity index (χ0v) is 16.8. The van der Waals surface area contributed by atoms with Gasteiger partial charge in [0.15, 0.2) is 0 Å². The number of nitrogens with one attached hydrogen (secondary N) is 1. The van der Waals surface area contributed by atoms with Crippen LogP contribution in [0.3, 0.4) is 0 Å². The van der Waals surface area contributed by atoms with Crippen molar-refractivity contribution in [1.82, 2.24) is 10.2 Å². The molecule has 5 nitrogen and oxygen atoms in total. The van der Waals surface area contributed by atoms with Gasteiger partial charge in [-0.15, -0.1) is 12.4 Å². The minimum absolute atomic E-state index is 0. The second-order valence-corrected chi connectivity index (χ2v) is 6.77. The quantitative estimate of drug-likeness (QED) is 0.763. The Bertz CT molecular complexity index is 733. The normalized spacial score (nSPS) is 11.4. The lowest BCUT2D eigenvalue weighted by Gasteiger charge is -2.19. The van der Waals surface area contributed by atoms with E-state index in [0.29, 0.717) is 18.7 Å². The van der Waals surface area contributed by atoms with Crippen LogP contribution in [0.25, 0.3) is 0 Å². The molecule has 0 saturated heterocycles. The topological polar surface area (TPSA) is 75.4 Å². The molecule has 2 aromatic carbocycles. The van der Waals surface area contributed by atoms with Crippen molar-refractivity contribution < 1.29 is 9.59 Å². The van der Waals surface area contributed by atoms with E-state index in [9.17, 15) is 9.59 Å². The van der Waals surface area contributed by atoms with Crippen molar-refractivity contribution in [2.45, 2.75) is 26.4 Å². The zero-order valence-electron chi connectivity index (χ0n) is 16.0. The summed E-state index contributed by atoms with van der Waals surface area (Å²) >= 11 is 0. The maximum atomic E-state index is 12.3. The number of benzene rings is 2. The van der Waals surface area contributed by atoms with Gasteiger partial charge in [-0.05, 0) is 23.3 Å². The van der Waals surface area contributed by atoms with Gasteiger partial charge in [0.05, 0.1) is 0 Å². The fourth-order valence-corrected chi connectivity index (χ4v) is 2.68. The van der Waals surface area contributed by atoms with Crippen LogP contribution in [0.1, 0.15) is 41.4 Å². The number of carbonyl (C=O) groups excluding carboxylic acids is 2. The van der Waals surface area contributed by atoms with E-state index < -0.39 is 0 Å². The number of nitrogens with zero attached hydrogens (tertiary/aromatic N) is 1. The van der Waals surface area contributed by atoms with Gasteiger partial charge in [0.2, 0.25) is 5.91 Å². The first-order valence-electron chi connectivity index (χ1n) is 8.81. The van der Waals surface area contributed by atoms with Crippen LogP contribution in [0.4, 0.5) is 0 Å². The molecule has 0 spiro atoms. The van der Waals surface area contributed by atoms with Crippen LogP contribution in [0.2, 0.25) is 0 Å². The largest absolute Gasteiger partial charge is 0.350 e. The fraction of sp³-hybridized carbons (Fsp3) is 0.333. The minimum Gasteiger partial charge on any atom is -0.350 e. The summed E-state index contributed by atoms with van der Waals surface area (Å²) in [4.78, 5) is 25.9. The Balaban J connectivity index is 0.00000364. The van der Waals surface area contributed by atoms with E-state index in [-0.39, 0.29) is 36.2 Å². The molecule has 2 aromatic rings. The molecule has 0 aromatic heterocycles. The summed E-state index contributed by atoms with van der Waals surface area (Å²) in [6, 6.07) is 16.7. The number of halogens is 1. The molecule has 1 atom stereocenters. The third-order valence-corrected chi connectivity index (χ3v) is 4.22. The van der Waals surface area contributed by atoms with E-state index in [4.69, 9.17) is 5.73 Å². The van der Waals surface area contributed by atoms with Crippen molar-refractivity contribution in [2.24, 2.45) is 11.7 Å². The highest BCUT2D eigenvalue weighted by Crippen LogP contribution is 2.11. The lowest BCUT2D eigenvalue weighted by atomic mass is 10.1. The summed E-state index contributed by atoms with van der Waals surface area (Å²) in [5.74, 6) is -0.0878. The van der Waals surface area contributed by atoms with Gasteiger partial charge >= 0.3 is 0 Å². The van der Waals surface area contributed by atoms with E-state index in [1.807, 2.05) is 56.3 Å². The first-order chi connectivity index (χ1) is 12.4. The molecule has 0 fully saturated rings. The maximum absolute atomic E-state index is 12.3. The summed E-state index contributed by atoms with van der Waals surface area (Å²) in [5.41, 5.74) is 8.65. The van der Waals surface area contributed by atoms with E-state index in [1.54, 1.807) is 24.1 Å². The Labute approximate surface area is 167 Å². The molecule has 146 valence electrons. The molecule has 1 unspecified atom stereocenters. The van der Waals surface area contributed by atoms with E-state index >= 15 is 0 Å². The highest BCUT2D eigenvalue weighted by Gasteiger charge is 2.14. The van der Waals surface area contributed by atoms with Crippen molar-refractivity contribution >= 4 is 24.2 Å². The zero-order chi connectivity index (χ0) is 19.1. The second-order valence-electron chi connectivity index (χ2n) is 6.77. The lowest BCUT2D eigenvalue weighted by Crippen LogP contribution is -2.32. The molecular formula is C21H28ClN3O2. The van der Waals surface area contributed by atoms with E-state index in [0.717, 1.165) is 11.1 Å². The molecule has 0 radical (unpaired) electrons. The first kappa shape index (κ1) is 22.7. The molecular weight excluding hydrogens is 362 g/mol. The van der Waals surface area contributed by atoms with Crippen molar-refractivity contribution in [3.63, 3.8) is 0 Å². The van der Waals surface area contributed by atoms with Crippen LogP contribution in [-0.4, -0.2) is 30.3 Å². The van der Waals surface area contributed by atoms with Gasteiger partial charge in [0.25, 0.3) is 5.91 Å². The first-order valence-corrected chi connectivity index (χ1v) is 8.81. The molecule has 0 saturated carbocycles. The number of hydrogen-bond donors (Lipinski definition) is 2. The predicted octanol–water partition coefficient (Wildman–Crippen LogP) is 3.15. The molecule has 0 aliphatic carbocycles. The molecule has 0 aliphatic rings. The number of nitrogens with two attached hydrogens (primary N) is 1. The smallest absolute Gasteiger partial charge is 0.251 e. The molecule has 3 N–H and O–H groups in total. The van der Waals surface area contributed by atoms with E-state index in [2.05, 4.69) is 5.32 Å². The van der Waals surface area contributed by atoms with Gasteiger partial charge in [-0.1, -0.05) is 56.3 Å². The number of amides is 2. The maximum Gasteiger partial charge on any atom is 0.251 e. The van der Waals surface area contributed by atoms with Crippen LogP contribution in [0.15, 0.2) is 54.6 Å². The van der Waals surface area contributed by atoms with Gasteiger partial charge in [-0.25, -0.2) is 0 Å². The van der Waals surface area contributed by atoms with Gasteiger partial charge in [0, 0.05) is 37.7 Å². The molecule has 0 bridgehead atoms. The Hall–Kier alpha value is -2.37. The summed E-state index contributed by atoms with van der Waals surface area (Å²) in [5, 5.41) is 2.86. The van der Waals surface area contributed by atoms with Crippen LogP contribution < -0.4 is 11.1 Å².